The number of hydrogen-bond donors (Lipinski definition) is 2. The maximum atomic E-state index is 9.69. The Kier molecular flexibility index (Phi) is 4.51. The minimum Gasteiger partial charge on any atom is -0.393 e. The van der Waals surface area contributed by atoms with Crippen LogP contribution >= 0.6 is 11.3 Å². The fraction of sp³-hybridized carbons (Fsp3) is 0.412. The van der Waals surface area contributed by atoms with Gasteiger partial charge in [0.05, 0.1) is 6.10 Å². The van der Waals surface area contributed by atoms with Crippen LogP contribution in [-0.4, -0.2) is 17.3 Å². The molecule has 1 fully saturated rings. The van der Waals surface area contributed by atoms with Crippen molar-refractivity contribution in [1.29, 1.82) is 0 Å². The van der Waals surface area contributed by atoms with Crippen molar-refractivity contribution in [2.75, 3.05) is 0 Å². The van der Waals surface area contributed by atoms with Gasteiger partial charge in [0.2, 0.25) is 0 Å². The summed E-state index contributed by atoms with van der Waals surface area (Å²) >= 11 is 1.85. The van der Waals surface area contributed by atoms with Crippen LogP contribution in [0.1, 0.15) is 30.6 Å². The van der Waals surface area contributed by atoms with Crippen molar-refractivity contribution in [2.45, 2.75) is 44.4 Å². The highest BCUT2D eigenvalue weighted by atomic mass is 32.1. The van der Waals surface area contributed by atoms with E-state index in [-0.39, 0.29) is 6.10 Å². The molecule has 2 N–H and O–H groups in total. The van der Waals surface area contributed by atoms with Gasteiger partial charge >= 0.3 is 0 Å². The average molecular weight is 287 g/mol. The molecule has 0 aliphatic heterocycles. The number of nitrogens with one attached hydrogen (secondary N) is 1. The van der Waals surface area contributed by atoms with Gasteiger partial charge in [-0.3, -0.25) is 0 Å². The van der Waals surface area contributed by atoms with Gasteiger partial charge in [0, 0.05) is 22.3 Å². The van der Waals surface area contributed by atoms with Crippen molar-refractivity contribution in [2.24, 2.45) is 0 Å². The molecule has 1 aromatic heterocycles. The van der Waals surface area contributed by atoms with Crippen molar-refractivity contribution >= 4 is 11.3 Å². The molecule has 0 unspecified atom stereocenters. The predicted molar refractivity (Wildman–Crippen MR) is 84.9 cm³/mol. The molecule has 3 rings (SSSR count). The number of thiophene rings is 1. The molecule has 3 heteroatoms. The molecule has 1 aliphatic carbocycles. The maximum Gasteiger partial charge on any atom is 0.0555 e. The number of aliphatic hydroxyl groups excluding tert-OH is 1. The van der Waals surface area contributed by atoms with E-state index in [1.54, 1.807) is 0 Å². The Morgan fingerprint density at radius 1 is 1.10 bits per heavy atom. The minimum absolute atomic E-state index is 0.107. The Hall–Kier alpha value is -1.16. The molecule has 20 heavy (non-hydrogen) atoms. The van der Waals surface area contributed by atoms with Gasteiger partial charge in [-0.25, -0.2) is 0 Å². The van der Waals surface area contributed by atoms with E-state index in [1.807, 2.05) is 17.4 Å². The summed E-state index contributed by atoms with van der Waals surface area (Å²) in [7, 11) is 0. The van der Waals surface area contributed by atoms with Crippen LogP contribution in [0.5, 0.6) is 0 Å². The Bertz CT molecular complexity index is 537. The highest BCUT2D eigenvalue weighted by Crippen LogP contribution is 2.28. The third-order valence-electron chi connectivity index (χ3n) is 3.93. The molecule has 1 saturated carbocycles. The van der Waals surface area contributed by atoms with Gasteiger partial charge in [-0.05, 0) is 43.4 Å². The molecular formula is C17H21NOS. The monoisotopic (exact) mass is 287 g/mol. The smallest absolute Gasteiger partial charge is 0.0555 e. The molecular weight excluding hydrogens is 266 g/mol. The van der Waals surface area contributed by atoms with E-state index in [0.29, 0.717) is 6.04 Å². The molecule has 106 valence electrons. The average Bonchev–Trinajstić information content (AvgIpc) is 2.95. The molecule has 0 amide bonds. The molecule has 2 atom stereocenters. The van der Waals surface area contributed by atoms with E-state index in [0.717, 1.165) is 25.8 Å². The molecule has 0 bridgehead atoms. The summed E-state index contributed by atoms with van der Waals surface area (Å²) in [6.07, 6.45) is 4.09. The first-order valence-electron chi connectivity index (χ1n) is 7.37. The predicted octanol–water partition coefficient (Wildman–Crippen LogP) is 3.81. The van der Waals surface area contributed by atoms with Gasteiger partial charge in [0.15, 0.2) is 0 Å². The summed E-state index contributed by atoms with van der Waals surface area (Å²) in [5.74, 6) is 0. The van der Waals surface area contributed by atoms with E-state index < -0.39 is 0 Å². The fourth-order valence-electron chi connectivity index (χ4n) is 2.82. The zero-order valence-electron chi connectivity index (χ0n) is 11.6. The highest BCUT2D eigenvalue weighted by Gasteiger charge is 2.19. The van der Waals surface area contributed by atoms with Gasteiger partial charge < -0.3 is 10.4 Å². The quantitative estimate of drug-likeness (QED) is 0.896. The van der Waals surface area contributed by atoms with E-state index in [2.05, 4.69) is 41.7 Å². The van der Waals surface area contributed by atoms with Crippen LogP contribution in [-0.2, 0) is 6.54 Å². The Morgan fingerprint density at radius 2 is 1.95 bits per heavy atom. The fourth-order valence-corrected chi connectivity index (χ4v) is 3.79. The summed E-state index contributed by atoms with van der Waals surface area (Å²) < 4.78 is 0. The number of rotatable bonds is 4. The summed E-state index contributed by atoms with van der Waals surface area (Å²) in [5, 5.41) is 13.3. The Balaban J connectivity index is 1.58. The van der Waals surface area contributed by atoms with Crippen LogP contribution in [0.2, 0.25) is 0 Å². The number of aliphatic hydroxyl groups is 1. The van der Waals surface area contributed by atoms with Crippen LogP contribution < -0.4 is 5.32 Å². The first kappa shape index (κ1) is 13.8. The third-order valence-corrected chi connectivity index (χ3v) is 5.07. The highest BCUT2D eigenvalue weighted by molar-refractivity contribution is 7.15. The van der Waals surface area contributed by atoms with Gasteiger partial charge in [-0.2, -0.15) is 0 Å². The van der Waals surface area contributed by atoms with Crippen molar-refractivity contribution in [1.82, 2.24) is 5.32 Å². The van der Waals surface area contributed by atoms with Crippen molar-refractivity contribution in [3.8, 4) is 10.4 Å². The standard InChI is InChI=1S/C17H21NOS/c19-15-8-4-7-14(11-15)18-12-16-9-10-17(20-16)13-5-2-1-3-6-13/h1-3,5-6,9-10,14-15,18-19H,4,7-8,11-12H2/t14-,15+/m0/s1. The van der Waals surface area contributed by atoms with Crippen molar-refractivity contribution in [3.05, 3.63) is 47.3 Å². The molecule has 1 aromatic carbocycles. The largest absolute Gasteiger partial charge is 0.393 e. The van der Waals surface area contributed by atoms with Gasteiger partial charge in [0.25, 0.3) is 0 Å². The molecule has 1 aliphatic rings. The topological polar surface area (TPSA) is 32.3 Å². The lowest BCUT2D eigenvalue weighted by molar-refractivity contribution is 0.111. The van der Waals surface area contributed by atoms with Crippen LogP contribution in [0.3, 0.4) is 0 Å². The first-order chi connectivity index (χ1) is 9.81. The Labute approximate surface area is 124 Å². The molecule has 0 saturated heterocycles. The second-order valence-electron chi connectivity index (χ2n) is 5.53. The summed E-state index contributed by atoms with van der Waals surface area (Å²) in [5.41, 5.74) is 1.29. The Morgan fingerprint density at radius 3 is 2.75 bits per heavy atom. The zero-order valence-corrected chi connectivity index (χ0v) is 12.4. The number of hydrogen-bond acceptors (Lipinski definition) is 3. The summed E-state index contributed by atoms with van der Waals surface area (Å²) in [4.78, 5) is 2.69. The second kappa shape index (κ2) is 6.53. The van der Waals surface area contributed by atoms with Gasteiger partial charge in [0.1, 0.15) is 0 Å². The SMILES string of the molecule is O[C@@H]1CCC[C@H](NCc2ccc(-c3ccccc3)s2)C1. The third kappa shape index (κ3) is 3.48. The maximum absolute atomic E-state index is 9.69. The van der Waals surface area contributed by atoms with Crippen LogP contribution in [0.4, 0.5) is 0 Å². The molecule has 1 heterocycles. The van der Waals surface area contributed by atoms with Crippen molar-refractivity contribution in [3.63, 3.8) is 0 Å². The normalized spacial score (nSPS) is 22.9. The van der Waals surface area contributed by atoms with Gasteiger partial charge in [-0.1, -0.05) is 30.3 Å². The molecule has 0 spiro atoms. The molecule has 2 nitrogen and oxygen atoms in total. The zero-order chi connectivity index (χ0) is 13.8. The van der Waals surface area contributed by atoms with Crippen LogP contribution in [0.15, 0.2) is 42.5 Å². The van der Waals surface area contributed by atoms with Crippen LogP contribution in [0.25, 0.3) is 10.4 Å². The minimum atomic E-state index is -0.107. The van der Waals surface area contributed by atoms with E-state index in [9.17, 15) is 5.11 Å². The molecule has 2 aromatic rings. The first-order valence-corrected chi connectivity index (χ1v) is 8.18. The van der Waals surface area contributed by atoms with Crippen LogP contribution in [0, 0.1) is 0 Å². The van der Waals surface area contributed by atoms with Crippen molar-refractivity contribution < 1.29 is 5.11 Å². The number of benzene rings is 1. The lowest BCUT2D eigenvalue weighted by Crippen LogP contribution is -2.35. The van der Waals surface area contributed by atoms with E-state index >= 15 is 0 Å². The summed E-state index contributed by atoms with van der Waals surface area (Å²) in [6, 6.07) is 15.4. The van der Waals surface area contributed by atoms with E-state index in [1.165, 1.54) is 21.7 Å². The lowest BCUT2D eigenvalue weighted by atomic mass is 9.93. The molecule has 0 radical (unpaired) electrons. The summed E-state index contributed by atoms with van der Waals surface area (Å²) in [6.45, 7) is 0.912. The second-order valence-corrected chi connectivity index (χ2v) is 6.70. The lowest BCUT2D eigenvalue weighted by Gasteiger charge is -2.26. The van der Waals surface area contributed by atoms with E-state index in [4.69, 9.17) is 0 Å². The van der Waals surface area contributed by atoms with Gasteiger partial charge in [-0.15, -0.1) is 11.3 Å².